The molecule has 2 heterocycles. The SMILES string of the molecule is CN(Cc1ccc(Br)s1)C(=O)c1ccc(N2CCOC2=O)cc1. The van der Waals surface area contributed by atoms with E-state index in [4.69, 9.17) is 4.74 Å². The molecule has 1 aromatic heterocycles. The Kier molecular flexibility index (Phi) is 4.68. The Labute approximate surface area is 146 Å². The highest BCUT2D eigenvalue weighted by molar-refractivity contribution is 9.11. The molecule has 23 heavy (non-hydrogen) atoms. The van der Waals surface area contributed by atoms with Crippen LogP contribution in [0.25, 0.3) is 0 Å². The summed E-state index contributed by atoms with van der Waals surface area (Å²) in [7, 11) is 1.78. The number of halogens is 1. The summed E-state index contributed by atoms with van der Waals surface area (Å²) in [5, 5.41) is 0. The first-order chi connectivity index (χ1) is 11.0. The lowest BCUT2D eigenvalue weighted by atomic mass is 10.1. The Balaban J connectivity index is 1.68. The molecule has 1 aromatic carbocycles. The van der Waals surface area contributed by atoms with Gasteiger partial charge in [-0.2, -0.15) is 0 Å². The molecule has 120 valence electrons. The summed E-state index contributed by atoms with van der Waals surface area (Å²) >= 11 is 5.03. The fourth-order valence-corrected chi connectivity index (χ4v) is 3.91. The Bertz CT molecular complexity index is 729. The number of ether oxygens (including phenoxy) is 1. The van der Waals surface area contributed by atoms with E-state index in [9.17, 15) is 9.59 Å². The molecule has 0 unspecified atom stereocenters. The first-order valence-electron chi connectivity index (χ1n) is 7.08. The zero-order valence-corrected chi connectivity index (χ0v) is 14.9. The van der Waals surface area contributed by atoms with Gasteiger partial charge in [0.25, 0.3) is 5.91 Å². The summed E-state index contributed by atoms with van der Waals surface area (Å²) < 4.78 is 5.96. The predicted molar refractivity (Wildman–Crippen MR) is 93.0 cm³/mol. The molecule has 7 heteroatoms. The molecule has 0 aliphatic carbocycles. The van der Waals surface area contributed by atoms with Crippen LogP contribution in [0.15, 0.2) is 40.2 Å². The molecule has 1 fully saturated rings. The molecule has 0 atom stereocenters. The third-order valence-electron chi connectivity index (χ3n) is 3.56. The molecule has 0 N–H and O–H groups in total. The number of hydrogen-bond acceptors (Lipinski definition) is 4. The first-order valence-corrected chi connectivity index (χ1v) is 8.69. The molecule has 1 aliphatic heterocycles. The molecule has 0 bridgehead atoms. The van der Waals surface area contributed by atoms with E-state index in [0.717, 1.165) is 14.4 Å². The van der Waals surface area contributed by atoms with Crippen LogP contribution in [0, 0.1) is 0 Å². The molecule has 2 amide bonds. The van der Waals surface area contributed by atoms with Crippen LogP contribution in [-0.4, -0.2) is 37.1 Å². The molecule has 0 spiro atoms. The maximum absolute atomic E-state index is 12.5. The number of carbonyl (C=O) groups excluding carboxylic acids is 2. The number of carbonyl (C=O) groups is 2. The van der Waals surface area contributed by atoms with Crippen molar-refractivity contribution in [2.75, 3.05) is 25.1 Å². The second-order valence-corrected chi connectivity index (χ2v) is 7.73. The highest BCUT2D eigenvalue weighted by Gasteiger charge is 2.23. The second-order valence-electron chi connectivity index (χ2n) is 5.18. The fraction of sp³-hybridized carbons (Fsp3) is 0.250. The Morgan fingerprint density at radius 2 is 2.04 bits per heavy atom. The molecular formula is C16H15BrN2O3S. The van der Waals surface area contributed by atoms with Crippen LogP contribution in [0.5, 0.6) is 0 Å². The Morgan fingerprint density at radius 1 is 1.30 bits per heavy atom. The molecule has 1 saturated heterocycles. The number of hydrogen-bond donors (Lipinski definition) is 0. The summed E-state index contributed by atoms with van der Waals surface area (Å²) in [5.74, 6) is -0.0509. The monoisotopic (exact) mass is 394 g/mol. The van der Waals surface area contributed by atoms with E-state index >= 15 is 0 Å². The van der Waals surface area contributed by atoms with Crippen LogP contribution in [0.1, 0.15) is 15.2 Å². The van der Waals surface area contributed by atoms with Crippen LogP contribution in [0.4, 0.5) is 10.5 Å². The fourth-order valence-electron chi connectivity index (χ4n) is 2.37. The molecule has 3 rings (SSSR count). The van der Waals surface area contributed by atoms with Gasteiger partial charge < -0.3 is 9.64 Å². The van der Waals surface area contributed by atoms with Gasteiger partial charge in [-0.1, -0.05) is 0 Å². The minimum atomic E-state index is -0.343. The molecule has 0 radical (unpaired) electrons. The summed E-state index contributed by atoms with van der Waals surface area (Å²) in [6, 6.07) is 11.0. The maximum atomic E-state index is 12.5. The van der Waals surface area contributed by atoms with Gasteiger partial charge in [0.05, 0.1) is 16.9 Å². The van der Waals surface area contributed by atoms with Crippen LogP contribution >= 0.6 is 27.3 Å². The molecule has 5 nitrogen and oxygen atoms in total. The van der Waals surface area contributed by atoms with E-state index in [0.29, 0.717) is 25.3 Å². The van der Waals surface area contributed by atoms with E-state index in [1.54, 1.807) is 52.4 Å². The highest BCUT2D eigenvalue weighted by Crippen LogP contribution is 2.24. The highest BCUT2D eigenvalue weighted by atomic mass is 79.9. The number of cyclic esters (lactones) is 1. The van der Waals surface area contributed by atoms with E-state index < -0.39 is 0 Å². The summed E-state index contributed by atoms with van der Waals surface area (Å²) in [6.45, 7) is 1.51. The largest absolute Gasteiger partial charge is 0.447 e. The number of amides is 2. The van der Waals surface area contributed by atoms with Gasteiger partial charge in [-0.25, -0.2) is 4.79 Å². The Hall–Kier alpha value is -1.86. The number of rotatable bonds is 4. The zero-order valence-electron chi connectivity index (χ0n) is 12.5. The quantitative estimate of drug-likeness (QED) is 0.793. The van der Waals surface area contributed by atoms with Crippen LogP contribution in [-0.2, 0) is 11.3 Å². The van der Waals surface area contributed by atoms with E-state index in [1.165, 1.54) is 0 Å². The van der Waals surface area contributed by atoms with Crippen LogP contribution < -0.4 is 4.90 Å². The van der Waals surface area contributed by atoms with Crippen molar-refractivity contribution in [1.82, 2.24) is 4.90 Å². The lowest BCUT2D eigenvalue weighted by Crippen LogP contribution is -2.26. The molecular weight excluding hydrogens is 380 g/mol. The third kappa shape index (κ3) is 3.56. The van der Waals surface area contributed by atoms with Gasteiger partial charge in [0.15, 0.2) is 0 Å². The van der Waals surface area contributed by atoms with Gasteiger partial charge in [-0.15, -0.1) is 11.3 Å². The van der Waals surface area contributed by atoms with Gasteiger partial charge in [-0.3, -0.25) is 9.69 Å². The van der Waals surface area contributed by atoms with Crippen molar-refractivity contribution in [3.8, 4) is 0 Å². The molecule has 0 saturated carbocycles. The van der Waals surface area contributed by atoms with Crippen molar-refractivity contribution in [3.63, 3.8) is 0 Å². The van der Waals surface area contributed by atoms with Crippen molar-refractivity contribution in [1.29, 1.82) is 0 Å². The van der Waals surface area contributed by atoms with E-state index in [1.807, 2.05) is 12.1 Å². The minimum Gasteiger partial charge on any atom is -0.447 e. The lowest BCUT2D eigenvalue weighted by Gasteiger charge is -2.17. The number of nitrogens with zero attached hydrogens (tertiary/aromatic N) is 2. The predicted octanol–water partition coefficient (Wildman–Crippen LogP) is 3.74. The van der Waals surface area contributed by atoms with Crippen LogP contribution in [0.3, 0.4) is 0 Å². The normalized spacial score (nSPS) is 14.0. The summed E-state index contributed by atoms with van der Waals surface area (Å²) in [4.78, 5) is 28.3. The standard InChI is InChI=1S/C16H15BrN2O3S/c1-18(10-13-6-7-14(17)23-13)15(20)11-2-4-12(5-3-11)19-8-9-22-16(19)21/h2-7H,8-10H2,1H3. The average molecular weight is 395 g/mol. The summed E-state index contributed by atoms with van der Waals surface area (Å²) in [5.41, 5.74) is 1.34. The van der Waals surface area contributed by atoms with Crippen molar-refractivity contribution in [3.05, 3.63) is 50.6 Å². The average Bonchev–Trinajstić information content (AvgIpc) is 3.15. The van der Waals surface area contributed by atoms with E-state index in [2.05, 4.69) is 15.9 Å². The minimum absolute atomic E-state index is 0.0509. The van der Waals surface area contributed by atoms with Gasteiger partial charge >= 0.3 is 6.09 Å². The van der Waals surface area contributed by atoms with Gasteiger partial charge in [0.2, 0.25) is 0 Å². The van der Waals surface area contributed by atoms with Gasteiger partial charge in [0.1, 0.15) is 6.61 Å². The molecule has 2 aromatic rings. The maximum Gasteiger partial charge on any atom is 0.414 e. The van der Waals surface area contributed by atoms with Crippen molar-refractivity contribution in [2.24, 2.45) is 0 Å². The van der Waals surface area contributed by atoms with Gasteiger partial charge in [0, 0.05) is 23.2 Å². The van der Waals surface area contributed by atoms with Gasteiger partial charge in [-0.05, 0) is 52.3 Å². The topological polar surface area (TPSA) is 49.9 Å². The van der Waals surface area contributed by atoms with Crippen molar-refractivity contribution < 1.29 is 14.3 Å². The first kappa shape index (κ1) is 16.0. The number of thiophene rings is 1. The summed E-state index contributed by atoms with van der Waals surface area (Å²) in [6.07, 6.45) is -0.343. The number of anilines is 1. The number of benzene rings is 1. The van der Waals surface area contributed by atoms with Crippen molar-refractivity contribution >= 4 is 45.0 Å². The molecule has 1 aliphatic rings. The third-order valence-corrected chi connectivity index (χ3v) is 5.16. The van der Waals surface area contributed by atoms with Crippen LogP contribution in [0.2, 0.25) is 0 Å². The zero-order chi connectivity index (χ0) is 16.4. The smallest absolute Gasteiger partial charge is 0.414 e. The second kappa shape index (κ2) is 6.72. The van der Waals surface area contributed by atoms with E-state index in [-0.39, 0.29) is 12.0 Å². The van der Waals surface area contributed by atoms with Crippen molar-refractivity contribution in [2.45, 2.75) is 6.54 Å². The lowest BCUT2D eigenvalue weighted by molar-refractivity contribution is 0.0786. The Morgan fingerprint density at radius 3 is 2.61 bits per heavy atom.